The molecule has 0 spiro atoms. The second kappa shape index (κ2) is 16.3. The summed E-state index contributed by atoms with van der Waals surface area (Å²) >= 11 is 0. The molecule has 1 atom stereocenters. The highest BCUT2D eigenvalue weighted by Gasteiger charge is 2.06. The summed E-state index contributed by atoms with van der Waals surface area (Å²) in [6.07, 6.45) is 15.6. The lowest BCUT2D eigenvalue weighted by Gasteiger charge is -2.12. The zero-order valence-corrected chi connectivity index (χ0v) is 16.4. The van der Waals surface area contributed by atoms with Crippen molar-refractivity contribution >= 4 is 5.97 Å². The maximum Gasteiger partial charge on any atom is 0.305 e. The molecule has 1 unspecified atom stereocenters. The fourth-order valence-electron chi connectivity index (χ4n) is 2.87. The van der Waals surface area contributed by atoms with Crippen molar-refractivity contribution in [2.45, 2.75) is 111 Å². The Morgan fingerprint density at radius 1 is 0.783 bits per heavy atom. The molecular weight excluding hydrogens is 284 g/mol. The van der Waals surface area contributed by atoms with Crippen molar-refractivity contribution in [1.29, 1.82) is 0 Å². The zero-order chi connectivity index (χ0) is 17.3. The highest BCUT2D eigenvalue weighted by molar-refractivity contribution is 5.69. The van der Waals surface area contributed by atoms with Gasteiger partial charge >= 0.3 is 5.97 Å². The first kappa shape index (κ1) is 22.5. The van der Waals surface area contributed by atoms with Crippen LogP contribution in [0.1, 0.15) is 111 Å². The van der Waals surface area contributed by atoms with Crippen molar-refractivity contribution < 1.29 is 9.53 Å². The van der Waals surface area contributed by atoms with Gasteiger partial charge in [-0.05, 0) is 24.7 Å². The fraction of sp³-hybridized carbons (Fsp3) is 0.952. The van der Waals surface area contributed by atoms with Gasteiger partial charge < -0.3 is 4.74 Å². The van der Waals surface area contributed by atoms with Gasteiger partial charge in [-0.15, -0.1) is 0 Å². The van der Waals surface area contributed by atoms with Crippen LogP contribution in [0, 0.1) is 11.8 Å². The van der Waals surface area contributed by atoms with Gasteiger partial charge in [0, 0.05) is 6.42 Å². The Labute approximate surface area is 145 Å². The van der Waals surface area contributed by atoms with E-state index in [1.54, 1.807) is 0 Å². The number of hydrogen-bond donors (Lipinski definition) is 0. The van der Waals surface area contributed by atoms with E-state index in [9.17, 15) is 4.79 Å². The third-order valence-electron chi connectivity index (χ3n) is 4.59. The van der Waals surface area contributed by atoms with Crippen molar-refractivity contribution in [2.75, 3.05) is 6.61 Å². The smallest absolute Gasteiger partial charge is 0.305 e. The van der Waals surface area contributed by atoms with Crippen LogP contribution in [-0.4, -0.2) is 12.6 Å². The summed E-state index contributed by atoms with van der Waals surface area (Å²) in [5.74, 6) is 1.47. The zero-order valence-electron chi connectivity index (χ0n) is 16.4. The summed E-state index contributed by atoms with van der Waals surface area (Å²) in [5, 5.41) is 0. The Morgan fingerprint density at radius 3 is 2.00 bits per heavy atom. The molecule has 138 valence electrons. The van der Waals surface area contributed by atoms with E-state index in [1.807, 2.05) is 0 Å². The van der Waals surface area contributed by atoms with Crippen LogP contribution < -0.4 is 0 Å². The summed E-state index contributed by atoms with van der Waals surface area (Å²) in [6.45, 7) is 9.68. The first-order valence-corrected chi connectivity index (χ1v) is 10.2. The third kappa shape index (κ3) is 17.7. The summed E-state index contributed by atoms with van der Waals surface area (Å²) in [7, 11) is 0. The maximum atomic E-state index is 11.7. The van der Waals surface area contributed by atoms with Gasteiger partial charge in [0.2, 0.25) is 0 Å². The molecule has 0 saturated carbocycles. The minimum absolute atomic E-state index is 0.00497. The Hall–Kier alpha value is -0.530. The molecule has 0 aromatic rings. The van der Waals surface area contributed by atoms with E-state index in [0.29, 0.717) is 18.9 Å². The monoisotopic (exact) mass is 326 g/mol. The van der Waals surface area contributed by atoms with Crippen LogP contribution in [0.5, 0.6) is 0 Å². The molecule has 0 amide bonds. The number of rotatable bonds is 16. The Kier molecular flexibility index (Phi) is 16.0. The molecule has 23 heavy (non-hydrogen) atoms. The summed E-state index contributed by atoms with van der Waals surface area (Å²) in [4.78, 5) is 11.7. The van der Waals surface area contributed by atoms with Crippen LogP contribution in [0.2, 0.25) is 0 Å². The van der Waals surface area contributed by atoms with Crippen molar-refractivity contribution in [2.24, 2.45) is 11.8 Å². The lowest BCUT2D eigenvalue weighted by Crippen LogP contribution is -2.08. The molecule has 0 saturated heterocycles. The predicted octanol–water partition coefficient (Wildman–Crippen LogP) is 6.91. The van der Waals surface area contributed by atoms with Gasteiger partial charge in [0.25, 0.3) is 0 Å². The Balaban J connectivity index is 3.33. The van der Waals surface area contributed by atoms with Gasteiger partial charge in [-0.2, -0.15) is 0 Å². The van der Waals surface area contributed by atoms with E-state index >= 15 is 0 Å². The lowest BCUT2D eigenvalue weighted by molar-refractivity contribution is -0.144. The molecule has 2 heteroatoms. The summed E-state index contributed by atoms with van der Waals surface area (Å²) in [6, 6.07) is 0. The van der Waals surface area contributed by atoms with Gasteiger partial charge in [0.1, 0.15) is 0 Å². The lowest BCUT2D eigenvalue weighted by atomic mass is 9.98. The number of carbonyl (C=O) groups is 1. The second-order valence-electron chi connectivity index (χ2n) is 7.66. The molecule has 0 fully saturated rings. The van der Waals surface area contributed by atoms with Crippen LogP contribution in [0.25, 0.3) is 0 Å². The first-order valence-electron chi connectivity index (χ1n) is 10.2. The van der Waals surface area contributed by atoms with Crippen molar-refractivity contribution in [3.05, 3.63) is 0 Å². The van der Waals surface area contributed by atoms with E-state index in [0.717, 1.165) is 18.8 Å². The van der Waals surface area contributed by atoms with Gasteiger partial charge in [-0.1, -0.05) is 91.9 Å². The first-order chi connectivity index (χ1) is 11.1. The number of esters is 1. The van der Waals surface area contributed by atoms with Crippen LogP contribution in [0.15, 0.2) is 0 Å². The molecule has 0 aromatic carbocycles. The van der Waals surface area contributed by atoms with Crippen LogP contribution >= 0.6 is 0 Å². The molecule has 0 bridgehead atoms. The summed E-state index contributed by atoms with van der Waals surface area (Å²) < 4.78 is 5.36. The molecule has 0 heterocycles. The quantitative estimate of drug-likeness (QED) is 0.227. The molecule has 0 aromatic heterocycles. The average Bonchev–Trinajstić information content (AvgIpc) is 2.49. The van der Waals surface area contributed by atoms with Crippen molar-refractivity contribution in [3.8, 4) is 0 Å². The number of carbonyl (C=O) groups excluding carboxylic acids is 1. The van der Waals surface area contributed by atoms with E-state index in [1.165, 1.54) is 64.2 Å². The summed E-state index contributed by atoms with van der Waals surface area (Å²) in [5.41, 5.74) is 0. The van der Waals surface area contributed by atoms with Crippen molar-refractivity contribution in [1.82, 2.24) is 0 Å². The Bertz CT molecular complexity index is 261. The van der Waals surface area contributed by atoms with E-state index < -0.39 is 0 Å². The standard InChI is InChI=1S/C21H42O2/c1-5-6-7-8-9-10-11-12-16-21(22)23-18-17-20(4)15-13-14-19(2)3/h19-20H,5-18H2,1-4H3. The van der Waals surface area contributed by atoms with Crippen LogP contribution in [-0.2, 0) is 9.53 Å². The van der Waals surface area contributed by atoms with Gasteiger partial charge in [-0.25, -0.2) is 0 Å². The maximum absolute atomic E-state index is 11.7. The minimum Gasteiger partial charge on any atom is -0.466 e. The largest absolute Gasteiger partial charge is 0.466 e. The Morgan fingerprint density at radius 2 is 1.39 bits per heavy atom. The normalized spacial score (nSPS) is 12.6. The molecule has 0 aliphatic heterocycles. The number of hydrogen-bond acceptors (Lipinski definition) is 2. The number of ether oxygens (including phenoxy) is 1. The van der Waals surface area contributed by atoms with Crippen molar-refractivity contribution in [3.63, 3.8) is 0 Å². The topological polar surface area (TPSA) is 26.3 Å². The average molecular weight is 327 g/mol. The van der Waals surface area contributed by atoms with E-state index in [4.69, 9.17) is 4.74 Å². The molecule has 0 N–H and O–H groups in total. The second-order valence-corrected chi connectivity index (χ2v) is 7.66. The van der Waals surface area contributed by atoms with Crippen LogP contribution in [0.4, 0.5) is 0 Å². The molecule has 0 radical (unpaired) electrons. The van der Waals surface area contributed by atoms with E-state index in [2.05, 4.69) is 27.7 Å². The molecule has 0 rings (SSSR count). The highest BCUT2D eigenvalue weighted by Crippen LogP contribution is 2.15. The predicted molar refractivity (Wildman–Crippen MR) is 101 cm³/mol. The van der Waals surface area contributed by atoms with Gasteiger partial charge in [-0.3, -0.25) is 4.79 Å². The molecular formula is C21H42O2. The molecule has 0 aliphatic rings. The van der Waals surface area contributed by atoms with Gasteiger partial charge in [0.05, 0.1) is 6.61 Å². The number of unbranched alkanes of at least 4 members (excludes halogenated alkanes) is 7. The van der Waals surface area contributed by atoms with Gasteiger partial charge in [0.15, 0.2) is 0 Å². The molecule has 2 nitrogen and oxygen atoms in total. The highest BCUT2D eigenvalue weighted by atomic mass is 16.5. The SMILES string of the molecule is CCCCCCCCCCC(=O)OCCC(C)CCCC(C)C. The molecule has 0 aliphatic carbocycles. The van der Waals surface area contributed by atoms with Crippen LogP contribution in [0.3, 0.4) is 0 Å². The minimum atomic E-state index is 0.00497. The fourth-order valence-corrected chi connectivity index (χ4v) is 2.87. The third-order valence-corrected chi connectivity index (χ3v) is 4.59. The van der Waals surface area contributed by atoms with E-state index in [-0.39, 0.29) is 5.97 Å².